The van der Waals surface area contributed by atoms with E-state index >= 15 is 0 Å². The van der Waals surface area contributed by atoms with E-state index in [1.54, 1.807) is 24.5 Å². The second-order valence-electron chi connectivity index (χ2n) is 4.59. The summed E-state index contributed by atoms with van der Waals surface area (Å²) in [5.41, 5.74) is 0. The summed E-state index contributed by atoms with van der Waals surface area (Å²) in [5.74, 6) is 0. The van der Waals surface area contributed by atoms with Crippen LogP contribution in [0, 0.1) is 0 Å². The molecule has 1 N–H and O–H groups in total. The highest BCUT2D eigenvalue weighted by Crippen LogP contribution is 2.27. The zero-order valence-corrected chi connectivity index (χ0v) is 11.2. The van der Waals surface area contributed by atoms with E-state index in [0.29, 0.717) is 6.10 Å². The maximum Gasteiger partial charge on any atom is 0.185 e. The van der Waals surface area contributed by atoms with Crippen LogP contribution < -0.4 is 4.90 Å². The number of thiazole rings is 1. The monoisotopic (exact) mass is 256 g/mol. The lowest BCUT2D eigenvalue weighted by atomic mass is 10.1. The van der Waals surface area contributed by atoms with E-state index in [4.69, 9.17) is 4.74 Å². The van der Waals surface area contributed by atoms with Gasteiger partial charge in [-0.1, -0.05) is 11.3 Å². The van der Waals surface area contributed by atoms with Crippen molar-refractivity contribution in [3.05, 3.63) is 11.1 Å². The number of nitrogens with zero attached hydrogens (tertiary/aromatic N) is 2. The standard InChI is InChI=1S/C12H20N2O2S/c1-9(15)11-7-13-12(17-11)14(2)8-10-5-3-4-6-16-10/h7,9-10,15H,3-6,8H2,1-2H3. The van der Waals surface area contributed by atoms with Gasteiger partial charge in [-0.2, -0.15) is 0 Å². The summed E-state index contributed by atoms with van der Waals surface area (Å²) in [6.07, 6.45) is 5.23. The fourth-order valence-electron chi connectivity index (χ4n) is 1.98. The van der Waals surface area contributed by atoms with Gasteiger partial charge in [0, 0.05) is 26.4 Å². The summed E-state index contributed by atoms with van der Waals surface area (Å²) in [6, 6.07) is 0. The van der Waals surface area contributed by atoms with Crippen LogP contribution in [-0.4, -0.2) is 36.4 Å². The van der Waals surface area contributed by atoms with Crippen molar-refractivity contribution < 1.29 is 9.84 Å². The summed E-state index contributed by atoms with van der Waals surface area (Å²) in [7, 11) is 2.03. The molecule has 0 spiro atoms. The Balaban J connectivity index is 1.91. The molecule has 96 valence electrons. The van der Waals surface area contributed by atoms with E-state index in [0.717, 1.165) is 29.6 Å². The SMILES string of the molecule is CC(O)c1cnc(N(C)CC2CCCCO2)s1. The minimum absolute atomic E-state index is 0.327. The van der Waals surface area contributed by atoms with Crippen LogP contribution in [0.5, 0.6) is 0 Å². The number of aromatic nitrogens is 1. The maximum absolute atomic E-state index is 9.47. The van der Waals surface area contributed by atoms with Gasteiger partial charge in [-0.15, -0.1) is 0 Å². The van der Waals surface area contributed by atoms with Gasteiger partial charge in [0.05, 0.1) is 17.1 Å². The number of anilines is 1. The Bertz CT molecular complexity index is 348. The van der Waals surface area contributed by atoms with Crippen LogP contribution in [0.1, 0.15) is 37.2 Å². The largest absolute Gasteiger partial charge is 0.388 e. The van der Waals surface area contributed by atoms with E-state index < -0.39 is 6.10 Å². The summed E-state index contributed by atoms with van der Waals surface area (Å²) in [6.45, 7) is 3.53. The van der Waals surface area contributed by atoms with Crippen LogP contribution in [-0.2, 0) is 4.74 Å². The average molecular weight is 256 g/mol. The molecule has 1 aliphatic rings. The Kier molecular flexibility index (Phi) is 4.36. The van der Waals surface area contributed by atoms with Crippen LogP contribution in [0.2, 0.25) is 0 Å². The van der Waals surface area contributed by atoms with Crippen LogP contribution in [0.15, 0.2) is 6.20 Å². The third kappa shape index (κ3) is 3.40. The molecule has 1 fully saturated rings. The molecule has 0 bridgehead atoms. The number of likely N-dealkylation sites (N-methyl/N-ethyl adjacent to an activating group) is 1. The molecule has 2 unspecified atom stereocenters. The highest BCUT2D eigenvalue weighted by molar-refractivity contribution is 7.15. The molecule has 1 aliphatic heterocycles. The van der Waals surface area contributed by atoms with Gasteiger partial charge in [-0.25, -0.2) is 4.98 Å². The number of aliphatic hydroxyl groups is 1. The highest BCUT2D eigenvalue weighted by atomic mass is 32.1. The lowest BCUT2D eigenvalue weighted by Crippen LogP contribution is -2.33. The molecule has 1 saturated heterocycles. The van der Waals surface area contributed by atoms with Crippen LogP contribution in [0.25, 0.3) is 0 Å². The van der Waals surface area contributed by atoms with E-state index in [1.165, 1.54) is 12.8 Å². The summed E-state index contributed by atoms with van der Waals surface area (Å²) >= 11 is 1.55. The molecule has 0 saturated carbocycles. The number of ether oxygens (including phenoxy) is 1. The van der Waals surface area contributed by atoms with Gasteiger partial charge in [0.1, 0.15) is 0 Å². The van der Waals surface area contributed by atoms with Gasteiger partial charge in [0.2, 0.25) is 0 Å². The normalized spacial score (nSPS) is 22.4. The first-order valence-electron chi connectivity index (χ1n) is 6.13. The first-order chi connectivity index (χ1) is 8.16. The fourth-order valence-corrected chi connectivity index (χ4v) is 2.80. The number of hydrogen-bond acceptors (Lipinski definition) is 5. The second-order valence-corrected chi connectivity index (χ2v) is 5.63. The lowest BCUT2D eigenvalue weighted by Gasteiger charge is -2.27. The molecule has 0 aliphatic carbocycles. The minimum Gasteiger partial charge on any atom is -0.388 e. The molecule has 2 heterocycles. The Morgan fingerprint density at radius 3 is 3.06 bits per heavy atom. The number of aliphatic hydroxyl groups excluding tert-OH is 1. The molecule has 4 nitrogen and oxygen atoms in total. The van der Waals surface area contributed by atoms with Crippen LogP contribution >= 0.6 is 11.3 Å². The molecule has 17 heavy (non-hydrogen) atoms. The van der Waals surface area contributed by atoms with E-state index in [-0.39, 0.29) is 0 Å². The first-order valence-corrected chi connectivity index (χ1v) is 6.95. The highest BCUT2D eigenvalue weighted by Gasteiger charge is 2.18. The van der Waals surface area contributed by atoms with E-state index in [9.17, 15) is 5.11 Å². The Labute approximate surface area is 106 Å². The van der Waals surface area contributed by atoms with Gasteiger partial charge in [0.25, 0.3) is 0 Å². The maximum atomic E-state index is 9.47. The second kappa shape index (κ2) is 5.80. The van der Waals surface area contributed by atoms with Crippen molar-refractivity contribution in [2.45, 2.75) is 38.4 Å². The zero-order valence-electron chi connectivity index (χ0n) is 10.4. The van der Waals surface area contributed by atoms with Gasteiger partial charge in [-0.3, -0.25) is 0 Å². The predicted molar refractivity (Wildman–Crippen MR) is 69.6 cm³/mol. The van der Waals surface area contributed by atoms with E-state index in [2.05, 4.69) is 9.88 Å². The third-order valence-corrected chi connectivity index (χ3v) is 4.28. The van der Waals surface area contributed by atoms with Crippen LogP contribution in [0.3, 0.4) is 0 Å². The van der Waals surface area contributed by atoms with Crippen LogP contribution in [0.4, 0.5) is 5.13 Å². The molecule has 1 aromatic heterocycles. The van der Waals surface area contributed by atoms with Crippen molar-refractivity contribution in [3.8, 4) is 0 Å². The zero-order chi connectivity index (χ0) is 12.3. The molecular formula is C12H20N2O2S. The van der Waals surface area contributed by atoms with Gasteiger partial charge >= 0.3 is 0 Å². The van der Waals surface area contributed by atoms with Crippen molar-refractivity contribution in [1.29, 1.82) is 0 Å². The third-order valence-electron chi connectivity index (χ3n) is 3.00. The Hall–Kier alpha value is -0.650. The quantitative estimate of drug-likeness (QED) is 0.897. The molecular weight excluding hydrogens is 236 g/mol. The number of rotatable bonds is 4. The van der Waals surface area contributed by atoms with Crippen molar-refractivity contribution in [2.75, 3.05) is 25.1 Å². The van der Waals surface area contributed by atoms with Gasteiger partial charge < -0.3 is 14.7 Å². The van der Waals surface area contributed by atoms with Crippen molar-refractivity contribution in [2.24, 2.45) is 0 Å². The summed E-state index contributed by atoms with van der Waals surface area (Å²) in [5, 5.41) is 10.4. The van der Waals surface area contributed by atoms with Gasteiger partial charge in [-0.05, 0) is 26.2 Å². The van der Waals surface area contributed by atoms with E-state index in [1.807, 2.05) is 7.05 Å². The number of hydrogen-bond donors (Lipinski definition) is 1. The molecule has 0 radical (unpaired) electrons. The smallest absolute Gasteiger partial charge is 0.185 e. The molecule has 0 aromatic carbocycles. The molecule has 2 rings (SSSR count). The Morgan fingerprint density at radius 2 is 2.47 bits per heavy atom. The first kappa shape index (κ1) is 12.8. The minimum atomic E-state index is -0.430. The van der Waals surface area contributed by atoms with Crippen molar-refractivity contribution in [3.63, 3.8) is 0 Å². The molecule has 0 amide bonds. The fraction of sp³-hybridized carbons (Fsp3) is 0.750. The summed E-state index contributed by atoms with van der Waals surface area (Å²) < 4.78 is 5.71. The molecule has 5 heteroatoms. The average Bonchev–Trinajstić information content (AvgIpc) is 2.79. The molecule has 1 aromatic rings. The summed E-state index contributed by atoms with van der Waals surface area (Å²) in [4.78, 5) is 7.36. The predicted octanol–water partition coefficient (Wildman–Crippen LogP) is 2.20. The van der Waals surface area contributed by atoms with Crippen molar-refractivity contribution in [1.82, 2.24) is 4.98 Å². The van der Waals surface area contributed by atoms with Crippen molar-refractivity contribution >= 4 is 16.5 Å². The lowest BCUT2D eigenvalue weighted by molar-refractivity contribution is 0.0216. The van der Waals surface area contributed by atoms with Gasteiger partial charge in [0.15, 0.2) is 5.13 Å². The topological polar surface area (TPSA) is 45.6 Å². The molecule has 2 atom stereocenters. The Morgan fingerprint density at radius 1 is 1.65 bits per heavy atom.